The summed E-state index contributed by atoms with van der Waals surface area (Å²) in [5, 5.41) is 13.5. The molecule has 44 heavy (non-hydrogen) atoms. The smallest absolute Gasteiger partial charge is 0.255 e. The zero-order chi connectivity index (χ0) is 30.6. The molecule has 0 unspecified atom stereocenters. The first-order valence-electron chi connectivity index (χ1n) is 15.0. The molecule has 2 aromatic carbocycles. The van der Waals surface area contributed by atoms with Crippen LogP contribution in [0.2, 0.25) is 0 Å². The van der Waals surface area contributed by atoms with Crippen LogP contribution in [-0.2, 0) is 18.4 Å². The summed E-state index contributed by atoms with van der Waals surface area (Å²) in [7, 11) is 4.00. The van der Waals surface area contributed by atoms with Crippen LogP contribution in [0.1, 0.15) is 22.3 Å². The Morgan fingerprint density at radius 2 is 1.75 bits per heavy atom. The number of nitrogens with zero attached hydrogens (tertiary/aromatic N) is 5. The lowest BCUT2D eigenvalue weighted by molar-refractivity contribution is -0.117. The Morgan fingerprint density at radius 3 is 2.50 bits per heavy atom. The molecule has 0 saturated carbocycles. The minimum Gasteiger partial charge on any atom is -0.383 e. The van der Waals surface area contributed by atoms with Gasteiger partial charge < -0.3 is 26.6 Å². The third kappa shape index (κ3) is 6.96. The lowest BCUT2D eigenvalue weighted by Crippen LogP contribution is -2.43. The predicted molar refractivity (Wildman–Crippen MR) is 172 cm³/mol. The topological polar surface area (TPSA) is 133 Å². The van der Waals surface area contributed by atoms with Crippen molar-refractivity contribution >= 4 is 23.3 Å². The summed E-state index contributed by atoms with van der Waals surface area (Å²) in [5.74, 6) is -0.308. The van der Waals surface area contributed by atoms with Crippen molar-refractivity contribution in [2.24, 2.45) is 7.05 Å². The summed E-state index contributed by atoms with van der Waals surface area (Å²) < 4.78 is 1.68. The molecule has 5 N–H and O–H groups in total. The highest BCUT2D eigenvalue weighted by molar-refractivity contribution is 6.00. The number of carbonyl (C=O) groups excluding carboxylic acids is 2. The van der Waals surface area contributed by atoms with E-state index in [1.165, 1.54) is 5.56 Å². The highest BCUT2D eigenvalue weighted by Crippen LogP contribution is 2.25. The fourth-order valence-corrected chi connectivity index (χ4v) is 5.77. The van der Waals surface area contributed by atoms with Gasteiger partial charge in [0.25, 0.3) is 5.91 Å². The molecule has 2 saturated heterocycles. The molecule has 6 rings (SSSR count). The molecular weight excluding hydrogens is 554 g/mol. The summed E-state index contributed by atoms with van der Waals surface area (Å²) in [5.41, 5.74) is 12.1. The minimum atomic E-state index is -0.435. The van der Waals surface area contributed by atoms with E-state index in [1.54, 1.807) is 23.1 Å². The van der Waals surface area contributed by atoms with Crippen LogP contribution in [0.3, 0.4) is 0 Å². The molecule has 2 aliphatic rings. The van der Waals surface area contributed by atoms with E-state index in [-0.39, 0.29) is 23.7 Å². The lowest BCUT2D eigenvalue weighted by Gasteiger charge is -2.32. The van der Waals surface area contributed by atoms with Crippen molar-refractivity contribution in [1.29, 1.82) is 0 Å². The second-order valence-corrected chi connectivity index (χ2v) is 11.8. The normalized spacial score (nSPS) is 19.1. The molecule has 0 spiro atoms. The number of piperazine rings is 1. The van der Waals surface area contributed by atoms with Crippen LogP contribution in [0.5, 0.6) is 0 Å². The fraction of sp³-hybridized carbons (Fsp3) is 0.333. The van der Waals surface area contributed by atoms with Crippen molar-refractivity contribution in [2.45, 2.75) is 25.0 Å². The van der Waals surface area contributed by atoms with Crippen LogP contribution in [0.15, 0.2) is 73.2 Å². The SMILES string of the molecule is CN1CCN(Cc2ccc(-c3cccc(NC(=O)[C@@H]4C[C@H](NC(=O)c5cc(-c6cnn(C)c6)cnc5N)CN4)c3)cc2)CC1. The van der Waals surface area contributed by atoms with Gasteiger partial charge in [0.15, 0.2) is 0 Å². The van der Waals surface area contributed by atoms with Crippen LogP contribution in [0, 0.1) is 0 Å². The maximum Gasteiger partial charge on any atom is 0.255 e. The Morgan fingerprint density at radius 1 is 0.955 bits per heavy atom. The fourth-order valence-electron chi connectivity index (χ4n) is 5.77. The van der Waals surface area contributed by atoms with Crippen LogP contribution >= 0.6 is 0 Å². The van der Waals surface area contributed by atoms with E-state index < -0.39 is 6.04 Å². The number of pyridine rings is 1. The average molecular weight is 594 g/mol. The van der Waals surface area contributed by atoms with E-state index in [1.807, 2.05) is 37.5 Å². The van der Waals surface area contributed by atoms with Crippen molar-refractivity contribution in [3.05, 3.63) is 84.3 Å². The van der Waals surface area contributed by atoms with E-state index in [4.69, 9.17) is 5.73 Å². The molecule has 0 bridgehead atoms. The first-order valence-corrected chi connectivity index (χ1v) is 15.0. The molecule has 2 amide bonds. The van der Waals surface area contributed by atoms with Crippen molar-refractivity contribution in [3.63, 3.8) is 0 Å². The van der Waals surface area contributed by atoms with Crippen LogP contribution in [0.25, 0.3) is 22.3 Å². The second kappa shape index (κ2) is 13.0. The second-order valence-electron chi connectivity index (χ2n) is 11.8. The number of carbonyl (C=O) groups is 2. The minimum absolute atomic E-state index is 0.138. The number of rotatable bonds is 8. The standard InChI is InChI=1S/C33H39N9O2/c1-40-10-12-42(13-11-40)20-22-6-8-23(9-7-22)24-4-3-5-27(14-24)38-33(44)30-16-28(19-35-30)39-32(43)29-15-25(17-36-31(29)34)26-18-37-41(2)21-26/h3-9,14-15,17-18,21,28,30,35H,10-13,16,19-20H2,1-2H3,(H2,34,36)(H,38,44)(H,39,43)/t28-,30-/m0/s1. The quantitative estimate of drug-likeness (QED) is 0.245. The van der Waals surface area contributed by atoms with Gasteiger partial charge in [-0.1, -0.05) is 36.4 Å². The monoisotopic (exact) mass is 593 g/mol. The van der Waals surface area contributed by atoms with Crippen molar-refractivity contribution in [3.8, 4) is 22.3 Å². The molecule has 2 aromatic heterocycles. The molecule has 11 nitrogen and oxygen atoms in total. The van der Waals surface area contributed by atoms with E-state index in [2.05, 4.69) is 67.1 Å². The number of benzene rings is 2. The maximum absolute atomic E-state index is 13.1. The molecule has 0 radical (unpaired) electrons. The number of aromatic nitrogens is 3. The number of hydrogen-bond donors (Lipinski definition) is 4. The summed E-state index contributed by atoms with van der Waals surface area (Å²) in [6.45, 7) is 5.83. The summed E-state index contributed by atoms with van der Waals surface area (Å²) in [6.07, 6.45) is 5.64. The number of hydrogen-bond acceptors (Lipinski definition) is 8. The number of nitrogens with two attached hydrogens (primary N) is 1. The van der Waals surface area contributed by atoms with Crippen LogP contribution in [-0.4, -0.2) is 88.2 Å². The zero-order valence-electron chi connectivity index (χ0n) is 25.2. The average Bonchev–Trinajstić information content (AvgIpc) is 3.68. The van der Waals surface area contributed by atoms with E-state index >= 15 is 0 Å². The largest absolute Gasteiger partial charge is 0.383 e. The van der Waals surface area contributed by atoms with Crippen molar-refractivity contribution < 1.29 is 9.59 Å². The van der Waals surface area contributed by atoms with Gasteiger partial charge in [0.05, 0.1) is 17.8 Å². The van der Waals surface area contributed by atoms with E-state index in [0.29, 0.717) is 18.5 Å². The van der Waals surface area contributed by atoms with Gasteiger partial charge in [0.1, 0.15) is 5.82 Å². The van der Waals surface area contributed by atoms with E-state index in [9.17, 15) is 9.59 Å². The van der Waals surface area contributed by atoms with Gasteiger partial charge in [0, 0.05) is 81.6 Å². The van der Waals surface area contributed by atoms with E-state index in [0.717, 1.165) is 60.7 Å². The number of nitrogens with one attached hydrogen (secondary N) is 3. The first kappa shape index (κ1) is 29.5. The number of nitrogen functional groups attached to an aromatic ring is 1. The van der Waals surface area contributed by atoms with Gasteiger partial charge in [-0.15, -0.1) is 0 Å². The predicted octanol–water partition coefficient (Wildman–Crippen LogP) is 2.58. The highest BCUT2D eigenvalue weighted by Gasteiger charge is 2.31. The van der Waals surface area contributed by atoms with Gasteiger partial charge in [-0.05, 0) is 48.4 Å². The third-order valence-electron chi connectivity index (χ3n) is 8.40. The number of amides is 2. The third-order valence-corrected chi connectivity index (χ3v) is 8.40. The molecule has 228 valence electrons. The van der Waals surface area contributed by atoms with Gasteiger partial charge in [-0.25, -0.2) is 4.98 Å². The first-order chi connectivity index (χ1) is 21.3. The molecule has 2 aliphatic heterocycles. The van der Waals surface area contributed by atoms with Crippen molar-refractivity contribution in [2.75, 3.05) is 50.8 Å². The maximum atomic E-state index is 13.1. The zero-order valence-corrected chi connectivity index (χ0v) is 25.2. The lowest BCUT2D eigenvalue weighted by atomic mass is 10.0. The van der Waals surface area contributed by atoms with Gasteiger partial charge in [-0.3, -0.25) is 19.2 Å². The molecule has 2 fully saturated rings. The summed E-state index contributed by atoms with van der Waals surface area (Å²) >= 11 is 0. The van der Waals surface area contributed by atoms with Gasteiger partial charge in [0.2, 0.25) is 5.91 Å². The Kier molecular flexibility index (Phi) is 8.69. The number of aryl methyl sites for hydroxylation is 1. The Labute approximate surface area is 257 Å². The van der Waals surface area contributed by atoms with Crippen LogP contribution < -0.4 is 21.7 Å². The molecule has 4 heterocycles. The number of likely N-dealkylation sites (N-methyl/N-ethyl adjacent to an activating group) is 1. The highest BCUT2D eigenvalue weighted by atomic mass is 16.2. The van der Waals surface area contributed by atoms with Crippen molar-refractivity contribution in [1.82, 2.24) is 35.2 Å². The molecule has 11 heteroatoms. The van der Waals surface area contributed by atoms with Gasteiger partial charge >= 0.3 is 0 Å². The summed E-state index contributed by atoms with van der Waals surface area (Å²) in [4.78, 5) is 35.3. The van der Waals surface area contributed by atoms with Gasteiger partial charge in [-0.2, -0.15) is 5.10 Å². The molecular formula is C33H39N9O2. The Bertz CT molecular complexity index is 1630. The molecule has 4 aromatic rings. The number of anilines is 2. The molecule has 2 atom stereocenters. The summed E-state index contributed by atoms with van der Waals surface area (Å²) in [6, 6.07) is 17.6. The Balaban J connectivity index is 1.03. The molecule has 0 aliphatic carbocycles. The Hall–Kier alpha value is -4.58. The van der Waals surface area contributed by atoms with Crippen LogP contribution in [0.4, 0.5) is 11.5 Å².